The highest BCUT2D eigenvalue weighted by molar-refractivity contribution is 6.19. The maximum atomic E-state index is 12.4. The molecule has 1 amide bonds. The number of hydrogen-bond acceptors (Lipinski definition) is 5. The Bertz CT molecular complexity index is 517. The lowest BCUT2D eigenvalue weighted by Gasteiger charge is -2.36. The monoisotopic (exact) mass is 327 g/mol. The van der Waals surface area contributed by atoms with Gasteiger partial charge in [0.15, 0.2) is 0 Å². The first-order valence-corrected chi connectivity index (χ1v) is 7.89. The Morgan fingerprint density at radius 1 is 1.45 bits per heavy atom. The SMILES string of the molecule is COc1nccc(OC2CCN(C(=O)C(C)(C)CCl)CC2)n1. The first kappa shape index (κ1) is 16.8. The average molecular weight is 328 g/mol. The maximum Gasteiger partial charge on any atom is 0.319 e. The Morgan fingerprint density at radius 3 is 2.73 bits per heavy atom. The number of methoxy groups -OCH3 is 1. The van der Waals surface area contributed by atoms with Gasteiger partial charge in [0.2, 0.25) is 11.8 Å². The summed E-state index contributed by atoms with van der Waals surface area (Å²) >= 11 is 5.87. The second kappa shape index (κ2) is 7.13. The van der Waals surface area contributed by atoms with Crippen LogP contribution in [0.1, 0.15) is 26.7 Å². The van der Waals surface area contributed by atoms with Crippen LogP contribution in [0.25, 0.3) is 0 Å². The number of piperidine rings is 1. The summed E-state index contributed by atoms with van der Waals surface area (Å²) in [6.45, 7) is 5.09. The fourth-order valence-corrected chi connectivity index (χ4v) is 2.44. The minimum absolute atomic E-state index is 0.0442. The summed E-state index contributed by atoms with van der Waals surface area (Å²) in [5.41, 5.74) is -0.519. The lowest BCUT2D eigenvalue weighted by Crippen LogP contribution is -2.47. The molecular formula is C15H22ClN3O3. The Hall–Kier alpha value is -1.56. The third-order valence-electron chi connectivity index (χ3n) is 3.72. The van der Waals surface area contributed by atoms with Gasteiger partial charge < -0.3 is 14.4 Å². The van der Waals surface area contributed by atoms with Crippen LogP contribution in [0.4, 0.5) is 0 Å². The van der Waals surface area contributed by atoms with E-state index in [-0.39, 0.29) is 18.0 Å². The molecule has 0 spiro atoms. The fraction of sp³-hybridized carbons (Fsp3) is 0.667. The number of alkyl halides is 1. The summed E-state index contributed by atoms with van der Waals surface area (Å²) in [6.07, 6.45) is 3.19. The van der Waals surface area contributed by atoms with Gasteiger partial charge >= 0.3 is 6.01 Å². The number of rotatable bonds is 5. The fourth-order valence-electron chi connectivity index (χ4n) is 2.32. The molecule has 0 aromatic carbocycles. The molecule has 0 bridgehead atoms. The second-order valence-corrected chi connectivity index (χ2v) is 6.28. The van der Waals surface area contributed by atoms with E-state index >= 15 is 0 Å². The van der Waals surface area contributed by atoms with Gasteiger partial charge in [-0.25, -0.2) is 4.98 Å². The van der Waals surface area contributed by atoms with E-state index in [2.05, 4.69) is 9.97 Å². The number of hydrogen-bond donors (Lipinski definition) is 0. The number of ether oxygens (including phenoxy) is 2. The van der Waals surface area contributed by atoms with E-state index in [0.29, 0.717) is 24.8 Å². The van der Waals surface area contributed by atoms with Crippen LogP contribution in [0.3, 0.4) is 0 Å². The Balaban J connectivity index is 1.88. The highest BCUT2D eigenvalue weighted by atomic mass is 35.5. The van der Waals surface area contributed by atoms with E-state index in [1.807, 2.05) is 18.7 Å². The number of aromatic nitrogens is 2. The Labute approximate surface area is 135 Å². The number of likely N-dealkylation sites (tertiary alicyclic amines) is 1. The van der Waals surface area contributed by atoms with Gasteiger partial charge in [-0.3, -0.25) is 4.79 Å². The molecule has 0 aliphatic carbocycles. The predicted molar refractivity (Wildman–Crippen MR) is 83.3 cm³/mol. The molecule has 7 heteroatoms. The molecular weight excluding hydrogens is 306 g/mol. The van der Waals surface area contributed by atoms with Gasteiger partial charge in [-0.05, 0) is 13.8 Å². The van der Waals surface area contributed by atoms with Crippen LogP contribution in [0, 0.1) is 5.41 Å². The average Bonchev–Trinajstić information content (AvgIpc) is 2.55. The smallest absolute Gasteiger partial charge is 0.319 e. The minimum Gasteiger partial charge on any atom is -0.474 e. The van der Waals surface area contributed by atoms with Crippen LogP contribution in [0.2, 0.25) is 0 Å². The Morgan fingerprint density at radius 2 is 2.14 bits per heavy atom. The normalized spacial score (nSPS) is 16.5. The van der Waals surface area contributed by atoms with Crippen molar-refractivity contribution in [3.63, 3.8) is 0 Å². The molecule has 1 saturated heterocycles. The molecule has 6 nitrogen and oxygen atoms in total. The van der Waals surface area contributed by atoms with E-state index in [1.54, 1.807) is 12.3 Å². The van der Waals surface area contributed by atoms with E-state index in [4.69, 9.17) is 21.1 Å². The molecule has 1 aromatic heterocycles. The van der Waals surface area contributed by atoms with Crippen molar-refractivity contribution >= 4 is 17.5 Å². The van der Waals surface area contributed by atoms with Gasteiger partial charge in [-0.15, -0.1) is 11.6 Å². The molecule has 0 saturated carbocycles. The summed E-state index contributed by atoms with van der Waals surface area (Å²) in [6, 6.07) is 1.99. The molecule has 2 heterocycles. The molecule has 2 rings (SSSR count). The lowest BCUT2D eigenvalue weighted by atomic mass is 9.93. The summed E-state index contributed by atoms with van der Waals surface area (Å²) in [5, 5.41) is 0. The molecule has 1 aromatic rings. The molecule has 122 valence electrons. The third kappa shape index (κ3) is 4.00. The van der Waals surface area contributed by atoms with Crippen molar-refractivity contribution in [3.05, 3.63) is 12.3 Å². The van der Waals surface area contributed by atoms with Crippen LogP contribution in [0.15, 0.2) is 12.3 Å². The first-order chi connectivity index (χ1) is 10.5. The zero-order chi connectivity index (χ0) is 16.2. The van der Waals surface area contributed by atoms with Crippen molar-refractivity contribution in [2.75, 3.05) is 26.1 Å². The third-order valence-corrected chi connectivity index (χ3v) is 4.39. The van der Waals surface area contributed by atoms with Crippen LogP contribution in [-0.4, -0.2) is 53.0 Å². The van der Waals surface area contributed by atoms with Gasteiger partial charge in [0, 0.05) is 44.1 Å². The molecule has 0 unspecified atom stereocenters. The highest BCUT2D eigenvalue weighted by Crippen LogP contribution is 2.24. The molecule has 0 atom stereocenters. The van der Waals surface area contributed by atoms with Crippen molar-refractivity contribution in [2.24, 2.45) is 5.41 Å². The molecule has 22 heavy (non-hydrogen) atoms. The zero-order valence-electron chi connectivity index (χ0n) is 13.2. The second-order valence-electron chi connectivity index (χ2n) is 6.01. The standard InChI is InChI=1S/C15H22ClN3O3/c1-15(2,10-16)13(20)19-8-5-11(6-9-19)22-12-4-7-17-14(18-12)21-3/h4,7,11H,5-6,8-10H2,1-3H3. The summed E-state index contributed by atoms with van der Waals surface area (Å²) < 4.78 is 10.8. The largest absolute Gasteiger partial charge is 0.474 e. The quantitative estimate of drug-likeness (QED) is 0.775. The van der Waals surface area contributed by atoms with Gasteiger partial charge in [-0.1, -0.05) is 0 Å². The van der Waals surface area contributed by atoms with Crippen LogP contribution in [0.5, 0.6) is 11.9 Å². The molecule has 1 aliphatic heterocycles. The minimum atomic E-state index is -0.519. The predicted octanol–water partition coefficient (Wildman–Crippen LogP) is 2.12. The van der Waals surface area contributed by atoms with Gasteiger partial charge in [-0.2, -0.15) is 4.98 Å². The number of halogens is 1. The van der Waals surface area contributed by atoms with E-state index in [9.17, 15) is 4.79 Å². The Kier molecular flexibility index (Phi) is 5.45. The lowest BCUT2D eigenvalue weighted by molar-refractivity contribution is -0.141. The molecule has 1 aliphatic rings. The van der Waals surface area contributed by atoms with Crippen LogP contribution < -0.4 is 9.47 Å². The zero-order valence-corrected chi connectivity index (χ0v) is 14.0. The van der Waals surface area contributed by atoms with E-state index in [1.165, 1.54) is 7.11 Å². The molecule has 0 radical (unpaired) electrons. The first-order valence-electron chi connectivity index (χ1n) is 7.35. The van der Waals surface area contributed by atoms with Crippen molar-refractivity contribution < 1.29 is 14.3 Å². The number of carbonyl (C=O) groups is 1. The summed E-state index contributed by atoms with van der Waals surface area (Å²) in [4.78, 5) is 22.3. The van der Waals surface area contributed by atoms with Gasteiger partial charge in [0.25, 0.3) is 0 Å². The number of carbonyl (C=O) groups excluding carboxylic acids is 1. The van der Waals surface area contributed by atoms with Crippen molar-refractivity contribution in [1.29, 1.82) is 0 Å². The van der Waals surface area contributed by atoms with Gasteiger partial charge in [0.1, 0.15) is 6.10 Å². The van der Waals surface area contributed by atoms with E-state index < -0.39 is 5.41 Å². The summed E-state index contributed by atoms with van der Waals surface area (Å²) in [5.74, 6) is 0.922. The van der Waals surface area contributed by atoms with Crippen molar-refractivity contribution in [1.82, 2.24) is 14.9 Å². The summed E-state index contributed by atoms with van der Waals surface area (Å²) in [7, 11) is 1.52. The van der Waals surface area contributed by atoms with Gasteiger partial charge in [0.05, 0.1) is 12.5 Å². The van der Waals surface area contributed by atoms with Crippen LogP contribution in [-0.2, 0) is 4.79 Å². The van der Waals surface area contributed by atoms with Crippen molar-refractivity contribution in [2.45, 2.75) is 32.8 Å². The van der Waals surface area contributed by atoms with Crippen molar-refractivity contribution in [3.8, 4) is 11.9 Å². The maximum absolute atomic E-state index is 12.4. The van der Waals surface area contributed by atoms with Crippen LogP contribution >= 0.6 is 11.6 Å². The van der Waals surface area contributed by atoms with E-state index in [0.717, 1.165) is 12.8 Å². The molecule has 1 fully saturated rings. The topological polar surface area (TPSA) is 64.6 Å². The number of amides is 1. The number of nitrogens with zero attached hydrogens (tertiary/aromatic N) is 3. The molecule has 0 N–H and O–H groups in total. The highest BCUT2D eigenvalue weighted by Gasteiger charge is 2.33.